The molecule has 0 amide bonds. The molecule has 0 bridgehead atoms. The van der Waals surface area contributed by atoms with Crippen LogP contribution in [0, 0.1) is 52.3 Å². The van der Waals surface area contributed by atoms with Crippen molar-refractivity contribution in [2.45, 2.75) is 118 Å². The van der Waals surface area contributed by atoms with E-state index in [0.29, 0.717) is 10.8 Å². The van der Waals surface area contributed by atoms with Gasteiger partial charge in [-0.2, -0.15) is 0 Å². The van der Waals surface area contributed by atoms with Gasteiger partial charge in [-0.25, -0.2) is 0 Å². The van der Waals surface area contributed by atoms with Gasteiger partial charge in [0.1, 0.15) is 0 Å². The maximum absolute atomic E-state index is 2.76. The van der Waals surface area contributed by atoms with E-state index in [1.54, 1.807) is 18.4 Å². The van der Waals surface area contributed by atoms with Crippen molar-refractivity contribution in [2.75, 3.05) is 0 Å². The summed E-state index contributed by atoms with van der Waals surface area (Å²) in [6.07, 6.45) is 17.9. The van der Waals surface area contributed by atoms with E-state index in [2.05, 4.69) is 65.0 Å². The van der Waals surface area contributed by atoms with Crippen LogP contribution in [-0.4, -0.2) is 0 Å². The monoisotopic (exact) mass is 448 g/mol. The Morgan fingerprint density at radius 2 is 1.52 bits per heavy atom. The second-order valence-corrected chi connectivity index (χ2v) is 14.1. The van der Waals surface area contributed by atoms with Crippen LogP contribution in [0.2, 0.25) is 0 Å². The van der Waals surface area contributed by atoms with Gasteiger partial charge in [0, 0.05) is 0 Å². The Balaban J connectivity index is 1.27. The first kappa shape index (κ1) is 23.9. The van der Waals surface area contributed by atoms with Gasteiger partial charge >= 0.3 is 0 Å². The molecule has 0 aliphatic heterocycles. The second kappa shape index (κ2) is 9.35. The summed E-state index contributed by atoms with van der Waals surface area (Å²) >= 11 is 0. The fourth-order valence-electron chi connectivity index (χ4n) is 10.3. The van der Waals surface area contributed by atoms with E-state index < -0.39 is 0 Å². The molecule has 0 spiro atoms. The van der Waals surface area contributed by atoms with Crippen LogP contribution in [0.15, 0.2) is 30.3 Å². The third kappa shape index (κ3) is 4.25. The second-order valence-electron chi connectivity index (χ2n) is 14.1. The molecule has 0 aromatic heterocycles. The molecule has 33 heavy (non-hydrogen) atoms. The van der Waals surface area contributed by atoms with Gasteiger partial charge in [-0.3, -0.25) is 0 Å². The summed E-state index contributed by atoms with van der Waals surface area (Å²) in [6, 6.07) is 11.5. The van der Waals surface area contributed by atoms with Gasteiger partial charge in [-0.15, -0.1) is 0 Å². The Morgan fingerprint density at radius 3 is 2.27 bits per heavy atom. The minimum Gasteiger partial charge on any atom is -0.0628 e. The van der Waals surface area contributed by atoms with Crippen molar-refractivity contribution >= 4 is 0 Å². The molecule has 4 aliphatic rings. The Morgan fingerprint density at radius 1 is 0.788 bits per heavy atom. The van der Waals surface area contributed by atoms with E-state index in [1.165, 1.54) is 64.2 Å². The van der Waals surface area contributed by atoms with Crippen LogP contribution in [0.3, 0.4) is 0 Å². The molecule has 0 nitrogen and oxygen atoms in total. The summed E-state index contributed by atoms with van der Waals surface area (Å²) in [5.74, 6) is 7.66. The van der Waals surface area contributed by atoms with Crippen LogP contribution in [0.4, 0.5) is 0 Å². The van der Waals surface area contributed by atoms with Gasteiger partial charge in [0.05, 0.1) is 0 Å². The molecule has 0 heterocycles. The number of hydrogen-bond acceptors (Lipinski definition) is 0. The van der Waals surface area contributed by atoms with E-state index in [1.807, 2.05) is 0 Å². The van der Waals surface area contributed by atoms with Crippen molar-refractivity contribution in [3.63, 3.8) is 0 Å². The standard InChI is InChI=1S/C33H52/c1-23(2)10-9-11-24(3)29-16-17-30-28-15-14-27-22-26(25-12-7-6-8-13-25)18-20-32(27,4)31(28)19-21-33(29,30)5/h6-8,12-13,23-24,26-31H,9-11,14-22H2,1-5H3/t24-,26+,27+,28+,29-,30+,31+,32+,33-/m1/s1. The lowest BCUT2D eigenvalue weighted by Gasteiger charge is -2.61. The van der Waals surface area contributed by atoms with Crippen molar-refractivity contribution in [1.82, 2.24) is 0 Å². The van der Waals surface area contributed by atoms with Gasteiger partial charge in [0.25, 0.3) is 0 Å². The zero-order valence-corrected chi connectivity index (χ0v) is 22.5. The molecule has 4 saturated carbocycles. The highest BCUT2D eigenvalue weighted by Gasteiger charge is 2.60. The summed E-state index contributed by atoms with van der Waals surface area (Å²) in [4.78, 5) is 0. The Hall–Kier alpha value is -0.780. The lowest BCUT2D eigenvalue weighted by Crippen LogP contribution is -2.53. The predicted molar refractivity (Wildman–Crippen MR) is 142 cm³/mol. The normalized spacial score (nSPS) is 43.6. The Kier molecular flexibility index (Phi) is 6.78. The van der Waals surface area contributed by atoms with Gasteiger partial charge in [-0.05, 0) is 122 Å². The third-order valence-electron chi connectivity index (χ3n) is 12.1. The van der Waals surface area contributed by atoms with Crippen molar-refractivity contribution < 1.29 is 0 Å². The average molecular weight is 449 g/mol. The summed E-state index contributed by atoms with van der Waals surface area (Å²) in [6.45, 7) is 12.9. The quantitative estimate of drug-likeness (QED) is 0.406. The number of fused-ring (bicyclic) bond motifs is 5. The molecule has 0 heteroatoms. The average Bonchev–Trinajstić information content (AvgIpc) is 3.16. The topological polar surface area (TPSA) is 0 Å². The summed E-state index contributed by atoms with van der Waals surface area (Å²) in [5, 5.41) is 0. The minimum absolute atomic E-state index is 0.622. The van der Waals surface area contributed by atoms with Crippen molar-refractivity contribution in [3.8, 4) is 0 Å². The highest BCUT2D eigenvalue weighted by atomic mass is 14.6. The fraction of sp³-hybridized carbons (Fsp3) is 0.818. The Bertz CT molecular complexity index is 778. The first-order valence-electron chi connectivity index (χ1n) is 14.9. The molecule has 0 N–H and O–H groups in total. The molecule has 0 radical (unpaired) electrons. The van der Waals surface area contributed by atoms with Gasteiger partial charge in [-0.1, -0.05) is 84.2 Å². The van der Waals surface area contributed by atoms with Gasteiger partial charge < -0.3 is 0 Å². The molecule has 184 valence electrons. The van der Waals surface area contributed by atoms with Gasteiger partial charge in [0.15, 0.2) is 0 Å². The molecule has 9 atom stereocenters. The molecular weight excluding hydrogens is 396 g/mol. The summed E-state index contributed by atoms with van der Waals surface area (Å²) in [5.41, 5.74) is 2.88. The van der Waals surface area contributed by atoms with Crippen molar-refractivity contribution in [2.24, 2.45) is 52.3 Å². The molecule has 1 aromatic rings. The van der Waals surface area contributed by atoms with Crippen LogP contribution in [0.1, 0.15) is 123 Å². The first-order chi connectivity index (χ1) is 15.8. The molecule has 4 fully saturated rings. The van der Waals surface area contributed by atoms with Crippen molar-refractivity contribution in [1.29, 1.82) is 0 Å². The number of rotatable bonds is 6. The van der Waals surface area contributed by atoms with Crippen LogP contribution in [-0.2, 0) is 0 Å². The van der Waals surface area contributed by atoms with E-state index in [9.17, 15) is 0 Å². The molecule has 5 rings (SSSR count). The molecule has 0 saturated heterocycles. The van der Waals surface area contributed by atoms with E-state index in [-0.39, 0.29) is 0 Å². The largest absolute Gasteiger partial charge is 0.0628 e. The zero-order chi connectivity index (χ0) is 23.2. The lowest BCUT2D eigenvalue weighted by atomic mass is 9.43. The van der Waals surface area contributed by atoms with Crippen molar-refractivity contribution in [3.05, 3.63) is 35.9 Å². The SMILES string of the molecule is CC(C)CCC[C@@H](C)[C@H]1CC[C@H]2[C@@H]3CC[C@H]4C[C@@H](c5ccccc5)CC[C@]4(C)[C@H]3CC[C@]12C. The van der Waals surface area contributed by atoms with Crippen LogP contribution in [0.25, 0.3) is 0 Å². The lowest BCUT2D eigenvalue weighted by molar-refractivity contribution is -0.117. The number of benzene rings is 1. The van der Waals surface area contributed by atoms with E-state index in [0.717, 1.165) is 47.3 Å². The van der Waals surface area contributed by atoms with E-state index in [4.69, 9.17) is 0 Å². The van der Waals surface area contributed by atoms with E-state index >= 15 is 0 Å². The predicted octanol–water partition coefficient (Wildman–Crippen LogP) is 9.89. The summed E-state index contributed by atoms with van der Waals surface area (Å²) in [7, 11) is 0. The fourth-order valence-corrected chi connectivity index (χ4v) is 10.3. The summed E-state index contributed by atoms with van der Waals surface area (Å²) < 4.78 is 0. The molecule has 0 unspecified atom stereocenters. The molecule has 1 aromatic carbocycles. The number of hydrogen-bond donors (Lipinski definition) is 0. The first-order valence-corrected chi connectivity index (χ1v) is 14.9. The molecule has 4 aliphatic carbocycles. The van der Waals surface area contributed by atoms with Crippen LogP contribution >= 0.6 is 0 Å². The smallest absolute Gasteiger partial charge is 0.0159 e. The highest BCUT2D eigenvalue weighted by molar-refractivity contribution is 5.21. The van der Waals surface area contributed by atoms with Crippen LogP contribution < -0.4 is 0 Å². The zero-order valence-electron chi connectivity index (χ0n) is 22.5. The third-order valence-corrected chi connectivity index (χ3v) is 12.1. The highest BCUT2D eigenvalue weighted by Crippen LogP contribution is 2.69. The van der Waals surface area contributed by atoms with Crippen LogP contribution in [0.5, 0.6) is 0 Å². The maximum Gasteiger partial charge on any atom is -0.0159 e. The molecular formula is C33H52. The minimum atomic E-state index is 0.622. The van der Waals surface area contributed by atoms with Gasteiger partial charge in [0.2, 0.25) is 0 Å². The Labute approximate surface area is 205 Å². The maximum atomic E-state index is 2.76.